The van der Waals surface area contributed by atoms with Crippen molar-refractivity contribution in [3.8, 4) is 0 Å². The standard InChI is InChI=1S/C11H12AsNO5S2.3Na.3H/c13-11(18)7-1-3-8(4-2-7)12(19-5-9(14)15)20-6-10(16)17;;;;;;/h1-4H,5-6H2,(H2,13,18)(H,14,15)(H,16,17);;;;;;. The van der Waals surface area contributed by atoms with Crippen LogP contribution in [0.15, 0.2) is 24.3 Å². The quantitative estimate of drug-likeness (QED) is 0.400. The van der Waals surface area contributed by atoms with Crippen LogP contribution in [0.2, 0.25) is 0 Å². The summed E-state index contributed by atoms with van der Waals surface area (Å²) >= 11 is -1.91. The number of rotatable bonds is 8. The molecule has 0 radical (unpaired) electrons. The second-order valence-corrected chi connectivity index (χ2v) is 15.0. The van der Waals surface area contributed by atoms with Crippen molar-refractivity contribution in [2.75, 3.05) is 11.5 Å². The Labute approximate surface area is 211 Å². The van der Waals surface area contributed by atoms with E-state index in [1.165, 1.54) is 20.0 Å². The molecule has 0 heterocycles. The normalized spacial score (nSPS) is 9.09. The number of hydrogen-bond acceptors (Lipinski definition) is 5. The second-order valence-electron chi connectivity index (χ2n) is 3.50. The molecule has 0 aromatic heterocycles. The number of carbonyl (C=O) groups excluding carboxylic acids is 1. The van der Waals surface area contributed by atoms with Gasteiger partial charge in [0.05, 0.1) is 0 Å². The van der Waals surface area contributed by atoms with E-state index in [0.29, 0.717) is 5.56 Å². The third-order valence-corrected chi connectivity index (χ3v) is 14.8. The fraction of sp³-hybridized carbons (Fsp3) is 0.182. The molecule has 0 atom stereocenters. The topological polar surface area (TPSA) is 118 Å². The van der Waals surface area contributed by atoms with Crippen LogP contribution < -0.4 is 10.1 Å². The van der Waals surface area contributed by atoms with Crippen molar-refractivity contribution in [3.63, 3.8) is 0 Å². The van der Waals surface area contributed by atoms with Gasteiger partial charge in [0.2, 0.25) is 0 Å². The summed E-state index contributed by atoms with van der Waals surface area (Å²) in [6.07, 6.45) is 0. The number of carbonyl (C=O) groups is 3. The molecule has 0 fully saturated rings. The molecule has 114 valence electrons. The van der Waals surface area contributed by atoms with Gasteiger partial charge < -0.3 is 0 Å². The van der Waals surface area contributed by atoms with E-state index in [9.17, 15) is 14.4 Å². The van der Waals surface area contributed by atoms with E-state index >= 15 is 0 Å². The molecule has 12 heteroatoms. The number of carboxylic acids is 2. The van der Waals surface area contributed by atoms with Gasteiger partial charge in [-0.25, -0.2) is 0 Å². The Morgan fingerprint density at radius 3 is 1.61 bits per heavy atom. The minimum atomic E-state index is -1.91. The fourth-order valence-electron chi connectivity index (χ4n) is 1.16. The first-order valence-electron chi connectivity index (χ1n) is 5.29. The molecule has 0 aliphatic heterocycles. The number of primary amides is 1. The summed E-state index contributed by atoms with van der Waals surface area (Å²) in [6, 6.07) is 6.57. The van der Waals surface area contributed by atoms with Crippen molar-refractivity contribution < 1.29 is 24.6 Å². The average molecular weight is 449 g/mol. The van der Waals surface area contributed by atoms with Gasteiger partial charge in [0.25, 0.3) is 0 Å². The van der Waals surface area contributed by atoms with E-state index in [1.807, 2.05) is 0 Å². The molecule has 0 bridgehead atoms. The molecule has 1 aromatic carbocycles. The van der Waals surface area contributed by atoms with E-state index in [-0.39, 0.29) is 100 Å². The summed E-state index contributed by atoms with van der Waals surface area (Å²) in [4.78, 5) is 32.2. The molecule has 1 amide bonds. The van der Waals surface area contributed by atoms with Crippen LogP contribution >= 0.6 is 20.0 Å². The van der Waals surface area contributed by atoms with Crippen LogP contribution in [0.25, 0.3) is 0 Å². The zero-order valence-corrected chi connectivity index (χ0v) is 13.7. The van der Waals surface area contributed by atoms with E-state index in [2.05, 4.69) is 0 Å². The summed E-state index contributed by atoms with van der Waals surface area (Å²) in [7, 11) is 2.54. The molecule has 6 nitrogen and oxygen atoms in total. The first-order valence-corrected chi connectivity index (χ1v) is 12.7. The van der Waals surface area contributed by atoms with Crippen molar-refractivity contribution in [3.05, 3.63) is 29.8 Å². The van der Waals surface area contributed by atoms with Crippen LogP contribution in [0.4, 0.5) is 0 Å². The van der Waals surface area contributed by atoms with E-state index in [0.717, 1.165) is 4.35 Å². The predicted molar refractivity (Wildman–Crippen MR) is 102 cm³/mol. The Hall–Kier alpha value is 1.89. The predicted octanol–water partition coefficient (Wildman–Crippen LogP) is -1.83. The number of aliphatic carboxylic acids is 2. The SMILES string of the molecule is NC(=O)c1ccc([As](SCC(=O)O)SCC(=O)O)cc1.[NaH].[NaH].[NaH]. The number of amides is 1. The van der Waals surface area contributed by atoms with Crippen molar-refractivity contribution >= 4 is 143 Å². The van der Waals surface area contributed by atoms with Crippen LogP contribution in [0, 0.1) is 0 Å². The average Bonchev–Trinajstić information content (AvgIpc) is 2.38. The van der Waals surface area contributed by atoms with E-state index < -0.39 is 30.2 Å². The van der Waals surface area contributed by atoms with Gasteiger partial charge in [0.15, 0.2) is 0 Å². The summed E-state index contributed by atoms with van der Waals surface area (Å²) in [5, 5.41) is 17.4. The van der Waals surface area contributed by atoms with Crippen molar-refractivity contribution in [2.24, 2.45) is 5.73 Å². The van der Waals surface area contributed by atoms with Crippen molar-refractivity contribution in [1.29, 1.82) is 0 Å². The van der Waals surface area contributed by atoms with Gasteiger partial charge in [-0.1, -0.05) is 0 Å². The van der Waals surface area contributed by atoms with Crippen LogP contribution in [0.1, 0.15) is 10.4 Å². The second kappa shape index (κ2) is 16.1. The number of hydrogen-bond donors (Lipinski definition) is 3. The molecule has 23 heavy (non-hydrogen) atoms. The van der Waals surface area contributed by atoms with Gasteiger partial charge in [0, 0.05) is 0 Å². The van der Waals surface area contributed by atoms with Gasteiger partial charge in [-0.15, -0.1) is 0 Å². The van der Waals surface area contributed by atoms with Crippen molar-refractivity contribution in [2.45, 2.75) is 0 Å². The molecule has 0 saturated carbocycles. The molecular formula is C11H15AsNNa3O5S2. The Balaban J connectivity index is -0.00000133. The van der Waals surface area contributed by atoms with Crippen LogP contribution in [0.5, 0.6) is 0 Å². The third kappa shape index (κ3) is 12.8. The summed E-state index contributed by atoms with van der Waals surface area (Å²) < 4.78 is 0.889. The maximum absolute atomic E-state index is 11.0. The molecule has 0 aliphatic rings. The molecule has 1 aromatic rings. The van der Waals surface area contributed by atoms with Gasteiger partial charge >= 0.3 is 215 Å². The number of carboxylic acid groups (broad SMARTS) is 2. The molecule has 4 N–H and O–H groups in total. The minimum absolute atomic E-state index is 0. The Kier molecular flexibility index (Phi) is 20.7. The molecular weight excluding hydrogens is 434 g/mol. The fourth-order valence-corrected chi connectivity index (χ4v) is 12.1. The summed E-state index contributed by atoms with van der Waals surface area (Å²) in [5.74, 6) is -2.53. The third-order valence-electron chi connectivity index (χ3n) is 1.97. The van der Waals surface area contributed by atoms with E-state index in [4.69, 9.17) is 15.9 Å². The Bertz CT molecular complexity index is 503. The zero-order chi connectivity index (χ0) is 15.1. The van der Waals surface area contributed by atoms with Gasteiger partial charge in [-0.3, -0.25) is 0 Å². The Morgan fingerprint density at radius 2 is 1.30 bits per heavy atom. The Morgan fingerprint density at radius 1 is 0.913 bits per heavy atom. The molecule has 0 spiro atoms. The molecule has 0 saturated heterocycles. The molecule has 1 rings (SSSR count). The van der Waals surface area contributed by atoms with Gasteiger partial charge in [-0.05, 0) is 0 Å². The summed E-state index contributed by atoms with van der Waals surface area (Å²) in [5.41, 5.74) is 5.51. The van der Waals surface area contributed by atoms with Gasteiger partial charge in [0.1, 0.15) is 0 Å². The van der Waals surface area contributed by atoms with Gasteiger partial charge in [-0.2, -0.15) is 0 Å². The number of benzene rings is 1. The number of nitrogens with two attached hydrogens (primary N) is 1. The van der Waals surface area contributed by atoms with E-state index in [1.54, 1.807) is 24.3 Å². The monoisotopic (exact) mass is 449 g/mol. The summed E-state index contributed by atoms with van der Waals surface area (Å²) in [6.45, 7) is 0. The molecule has 0 aliphatic carbocycles. The maximum atomic E-state index is 11.0. The first-order chi connectivity index (χ1) is 9.40. The zero-order valence-electron chi connectivity index (χ0n) is 10.2. The van der Waals surface area contributed by atoms with Crippen molar-refractivity contribution in [1.82, 2.24) is 0 Å². The first kappa shape index (κ1) is 29.6. The molecule has 0 unspecified atom stereocenters. The van der Waals surface area contributed by atoms with Crippen LogP contribution in [-0.4, -0.2) is 141 Å². The van der Waals surface area contributed by atoms with Crippen LogP contribution in [0.3, 0.4) is 0 Å². The van der Waals surface area contributed by atoms with Crippen LogP contribution in [-0.2, 0) is 9.59 Å².